The number of carbonyl (C=O) groups excluding carboxylic acids is 2. The first-order valence-corrected chi connectivity index (χ1v) is 9.09. The van der Waals surface area contributed by atoms with E-state index >= 15 is 0 Å². The summed E-state index contributed by atoms with van der Waals surface area (Å²) in [5.74, 6) is 0.223. The second kappa shape index (κ2) is 9.20. The molecule has 2 fully saturated rings. The summed E-state index contributed by atoms with van der Waals surface area (Å²) in [5, 5.41) is 2.99. The van der Waals surface area contributed by atoms with Crippen LogP contribution < -0.4 is 11.1 Å². The van der Waals surface area contributed by atoms with Crippen molar-refractivity contribution in [3.63, 3.8) is 0 Å². The largest absolute Gasteiger partial charge is 0.339 e. The number of nitrogens with two attached hydrogens (primary N) is 1. The van der Waals surface area contributed by atoms with E-state index < -0.39 is 0 Å². The van der Waals surface area contributed by atoms with Crippen LogP contribution in [0.3, 0.4) is 0 Å². The third-order valence-corrected chi connectivity index (χ3v) is 5.18. The Kier molecular flexibility index (Phi) is 7.26. The number of likely N-dealkylation sites (tertiary alicyclic amines) is 1. The lowest BCUT2D eigenvalue weighted by atomic mass is 9.88. The van der Waals surface area contributed by atoms with Gasteiger partial charge in [0.15, 0.2) is 0 Å². The molecule has 1 aliphatic heterocycles. The van der Waals surface area contributed by atoms with Crippen LogP contribution in [0.2, 0.25) is 0 Å². The summed E-state index contributed by atoms with van der Waals surface area (Å²) >= 11 is 0. The number of nitrogens with one attached hydrogen (secondary N) is 1. The van der Waals surface area contributed by atoms with Crippen molar-refractivity contribution in [2.24, 2.45) is 11.7 Å². The second-order valence-electron chi connectivity index (χ2n) is 7.03. The van der Waals surface area contributed by atoms with Gasteiger partial charge in [-0.05, 0) is 43.9 Å². The highest BCUT2D eigenvalue weighted by Gasteiger charge is 2.23. The van der Waals surface area contributed by atoms with Gasteiger partial charge in [-0.2, -0.15) is 0 Å². The summed E-state index contributed by atoms with van der Waals surface area (Å²) in [7, 11) is 0. The van der Waals surface area contributed by atoms with E-state index in [-0.39, 0.29) is 36.2 Å². The maximum absolute atomic E-state index is 12.6. The minimum atomic E-state index is 0. The molecular formula is C19H28ClN3O2. The molecule has 2 amide bonds. The van der Waals surface area contributed by atoms with Crippen LogP contribution in [0.1, 0.15) is 55.3 Å². The molecule has 138 valence electrons. The molecule has 1 saturated heterocycles. The highest BCUT2D eigenvalue weighted by molar-refractivity contribution is 5.97. The third kappa shape index (κ3) is 5.19. The molecule has 0 unspecified atom stereocenters. The quantitative estimate of drug-likeness (QED) is 0.863. The predicted molar refractivity (Wildman–Crippen MR) is 102 cm³/mol. The number of rotatable bonds is 3. The van der Waals surface area contributed by atoms with Gasteiger partial charge in [-0.25, -0.2) is 0 Å². The number of benzene rings is 1. The highest BCUT2D eigenvalue weighted by Crippen LogP contribution is 2.25. The molecule has 5 nitrogen and oxygen atoms in total. The molecule has 1 saturated carbocycles. The van der Waals surface area contributed by atoms with E-state index in [0.717, 1.165) is 38.5 Å². The van der Waals surface area contributed by atoms with E-state index in [2.05, 4.69) is 5.32 Å². The molecule has 1 aromatic carbocycles. The van der Waals surface area contributed by atoms with Crippen molar-refractivity contribution in [3.05, 3.63) is 29.8 Å². The number of halogens is 1. The lowest BCUT2D eigenvalue weighted by molar-refractivity contribution is -0.120. The molecule has 2 aliphatic rings. The number of hydrogen-bond donors (Lipinski definition) is 2. The van der Waals surface area contributed by atoms with Crippen LogP contribution in [0, 0.1) is 5.92 Å². The van der Waals surface area contributed by atoms with E-state index in [4.69, 9.17) is 5.73 Å². The summed E-state index contributed by atoms with van der Waals surface area (Å²) in [6, 6.07) is 7.49. The summed E-state index contributed by atoms with van der Waals surface area (Å²) in [4.78, 5) is 26.8. The number of hydrogen-bond acceptors (Lipinski definition) is 3. The van der Waals surface area contributed by atoms with E-state index in [1.54, 1.807) is 6.07 Å². The summed E-state index contributed by atoms with van der Waals surface area (Å²) in [5.41, 5.74) is 7.24. The first-order chi connectivity index (χ1) is 11.6. The number of amides is 2. The Hall–Kier alpha value is -1.59. The molecule has 6 heteroatoms. The molecule has 3 rings (SSSR count). The van der Waals surface area contributed by atoms with E-state index in [0.29, 0.717) is 24.3 Å². The Morgan fingerprint density at radius 3 is 2.40 bits per heavy atom. The number of piperidine rings is 1. The van der Waals surface area contributed by atoms with Crippen molar-refractivity contribution in [2.45, 2.75) is 51.0 Å². The first kappa shape index (κ1) is 19.7. The smallest absolute Gasteiger partial charge is 0.253 e. The van der Waals surface area contributed by atoms with Crippen LogP contribution in [0.15, 0.2) is 24.3 Å². The van der Waals surface area contributed by atoms with Crippen molar-refractivity contribution in [3.8, 4) is 0 Å². The minimum absolute atomic E-state index is 0. The van der Waals surface area contributed by atoms with Crippen molar-refractivity contribution in [1.82, 2.24) is 4.90 Å². The van der Waals surface area contributed by atoms with Gasteiger partial charge in [0.05, 0.1) is 0 Å². The van der Waals surface area contributed by atoms with Gasteiger partial charge >= 0.3 is 0 Å². The van der Waals surface area contributed by atoms with Crippen LogP contribution in [-0.4, -0.2) is 35.8 Å². The molecule has 0 bridgehead atoms. The lowest BCUT2D eigenvalue weighted by Gasteiger charge is -2.30. The molecule has 1 aromatic rings. The second-order valence-corrected chi connectivity index (χ2v) is 7.03. The highest BCUT2D eigenvalue weighted by atomic mass is 35.5. The normalized spacial score (nSPS) is 19.2. The average Bonchev–Trinajstić information content (AvgIpc) is 2.63. The Labute approximate surface area is 155 Å². The predicted octanol–water partition coefficient (Wildman–Crippen LogP) is 3.19. The fourth-order valence-electron chi connectivity index (χ4n) is 3.62. The summed E-state index contributed by atoms with van der Waals surface area (Å²) < 4.78 is 0. The molecule has 0 atom stereocenters. The fourth-order valence-corrected chi connectivity index (χ4v) is 3.62. The van der Waals surface area contributed by atoms with Crippen LogP contribution in [0.5, 0.6) is 0 Å². The molecule has 3 N–H and O–H groups in total. The van der Waals surface area contributed by atoms with Gasteiger partial charge < -0.3 is 16.0 Å². The number of nitrogens with zero attached hydrogens (tertiary/aromatic N) is 1. The van der Waals surface area contributed by atoms with Gasteiger partial charge in [-0.3, -0.25) is 9.59 Å². The van der Waals surface area contributed by atoms with Crippen LogP contribution in [0.4, 0.5) is 5.69 Å². The van der Waals surface area contributed by atoms with E-state index in [1.165, 1.54) is 6.42 Å². The molecule has 1 aliphatic carbocycles. The Bertz CT molecular complexity index is 594. The van der Waals surface area contributed by atoms with Gasteiger partial charge in [0.25, 0.3) is 5.91 Å². The zero-order valence-corrected chi connectivity index (χ0v) is 15.4. The van der Waals surface area contributed by atoms with E-state index in [9.17, 15) is 9.59 Å². The van der Waals surface area contributed by atoms with Gasteiger partial charge in [-0.1, -0.05) is 25.3 Å². The monoisotopic (exact) mass is 365 g/mol. The number of carbonyl (C=O) groups is 2. The summed E-state index contributed by atoms with van der Waals surface area (Å²) in [6.07, 6.45) is 7.14. The average molecular weight is 366 g/mol. The van der Waals surface area contributed by atoms with Crippen LogP contribution in [-0.2, 0) is 4.79 Å². The van der Waals surface area contributed by atoms with Crippen molar-refractivity contribution >= 4 is 29.9 Å². The first-order valence-electron chi connectivity index (χ1n) is 9.09. The Morgan fingerprint density at radius 1 is 1.04 bits per heavy atom. The maximum atomic E-state index is 12.6. The van der Waals surface area contributed by atoms with Crippen molar-refractivity contribution in [2.75, 3.05) is 18.4 Å². The molecule has 0 radical (unpaired) electrons. The lowest BCUT2D eigenvalue weighted by Crippen LogP contribution is -2.42. The molecule has 25 heavy (non-hydrogen) atoms. The molecule has 0 spiro atoms. The molecular weight excluding hydrogens is 338 g/mol. The third-order valence-electron chi connectivity index (χ3n) is 5.18. The number of anilines is 1. The van der Waals surface area contributed by atoms with E-state index in [1.807, 2.05) is 23.1 Å². The van der Waals surface area contributed by atoms with Gasteiger partial charge in [-0.15, -0.1) is 12.4 Å². The molecule has 1 heterocycles. The van der Waals surface area contributed by atoms with Crippen LogP contribution >= 0.6 is 12.4 Å². The summed E-state index contributed by atoms with van der Waals surface area (Å²) in [6.45, 7) is 1.41. The van der Waals surface area contributed by atoms with Gasteiger partial charge in [0.2, 0.25) is 5.91 Å². The Morgan fingerprint density at radius 2 is 1.72 bits per heavy atom. The Balaban J connectivity index is 0.00000225. The topological polar surface area (TPSA) is 75.4 Å². The standard InChI is InChI=1S/C19H27N3O2.ClH/c20-16-9-11-22(12-10-16)19(24)15-7-4-8-17(13-15)21-18(23)14-5-2-1-3-6-14;/h4,7-8,13-14,16H,1-3,5-6,9-12,20H2,(H,21,23);1H. The maximum Gasteiger partial charge on any atom is 0.253 e. The van der Waals surface area contributed by atoms with Crippen molar-refractivity contribution in [1.29, 1.82) is 0 Å². The van der Waals surface area contributed by atoms with Crippen LogP contribution in [0.25, 0.3) is 0 Å². The SMILES string of the molecule is Cl.NC1CCN(C(=O)c2cccc(NC(=O)C3CCCCC3)c2)CC1. The van der Waals surface area contributed by atoms with Gasteiger partial charge in [0.1, 0.15) is 0 Å². The molecule has 0 aromatic heterocycles. The zero-order chi connectivity index (χ0) is 16.9. The van der Waals surface area contributed by atoms with Crippen molar-refractivity contribution < 1.29 is 9.59 Å². The zero-order valence-electron chi connectivity index (χ0n) is 14.6. The van der Waals surface area contributed by atoms with Gasteiger partial charge in [0, 0.05) is 36.3 Å². The minimum Gasteiger partial charge on any atom is -0.339 e. The fraction of sp³-hybridized carbons (Fsp3) is 0.579.